The van der Waals surface area contributed by atoms with E-state index < -0.39 is 0 Å². The van der Waals surface area contributed by atoms with Gasteiger partial charge in [0.15, 0.2) is 11.6 Å². The lowest BCUT2D eigenvalue weighted by atomic mass is 10.1. The van der Waals surface area contributed by atoms with Gasteiger partial charge in [-0.3, -0.25) is 4.79 Å². The normalized spacial score (nSPS) is 10.6. The van der Waals surface area contributed by atoms with Crippen LogP contribution in [0.4, 0.5) is 17.2 Å². The standard InChI is InChI=1S/C24H18N6OS/c31-24(18-6-4-17(5-7-18)21-3-1-16-32-21)27-20-10-8-19(9-11-20)26-22-12-13-23(29-28-22)30-15-2-14-25-30/h1-16H,(H,26,28)(H,27,31). The van der Waals surface area contributed by atoms with Gasteiger partial charge in [0.05, 0.1) is 0 Å². The van der Waals surface area contributed by atoms with E-state index in [9.17, 15) is 4.79 Å². The van der Waals surface area contributed by atoms with E-state index in [1.54, 1.807) is 22.2 Å². The first-order valence-corrected chi connectivity index (χ1v) is 10.8. The van der Waals surface area contributed by atoms with Crippen molar-refractivity contribution in [3.8, 4) is 16.3 Å². The Balaban J connectivity index is 1.20. The van der Waals surface area contributed by atoms with Crippen molar-refractivity contribution in [3.63, 3.8) is 0 Å². The van der Waals surface area contributed by atoms with Crippen molar-refractivity contribution in [2.45, 2.75) is 0 Å². The maximum Gasteiger partial charge on any atom is 0.255 e. The Kier molecular flexibility index (Phi) is 5.42. The van der Waals surface area contributed by atoms with E-state index in [1.807, 2.05) is 84.4 Å². The Morgan fingerprint density at radius 3 is 2.31 bits per heavy atom. The molecule has 0 atom stereocenters. The lowest BCUT2D eigenvalue weighted by molar-refractivity contribution is 0.102. The number of thiophene rings is 1. The van der Waals surface area contributed by atoms with Crippen molar-refractivity contribution in [1.82, 2.24) is 20.0 Å². The van der Waals surface area contributed by atoms with Crippen molar-refractivity contribution >= 4 is 34.4 Å². The summed E-state index contributed by atoms with van der Waals surface area (Å²) in [6.45, 7) is 0. The fourth-order valence-electron chi connectivity index (χ4n) is 3.14. The van der Waals surface area contributed by atoms with Crippen molar-refractivity contribution in [1.29, 1.82) is 0 Å². The van der Waals surface area contributed by atoms with Crippen LogP contribution in [0.25, 0.3) is 16.3 Å². The molecule has 0 fully saturated rings. The number of anilines is 3. The average Bonchev–Trinajstić information content (AvgIpc) is 3.56. The van der Waals surface area contributed by atoms with Gasteiger partial charge < -0.3 is 10.6 Å². The van der Waals surface area contributed by atoms with Crippen LogP contribution in [-0.2, 0) is 0 Å². The van der Waals surface area contributed by atoms with E-state index in [4.69, 9.17) is 0 Å². The van der Waals surface area contributed by atoms with Crippen LogP contribution in [-0.4, -0.2) is 25.9 Å². The molecule has 3 aromatic heterocycles. The summed E-state index contributed by atoms with van der Waals surface area (Å²) in [5.74, 6) is 1.11. The number of carbonyl (C=O) groups excluding carboxylic acids is 1. The minimum absolute atomic E-state index is 0.150. The Morgan fingerprint density at radius 2 is 1.66 bits per heavy atom. The fourth-order valence-corrected chi connectivity index (χ4v) is 3.87. The van der Waals surface area contributed by atoms with Gasteiger partial charge in [-0.15, -0.1) is 21.5 Å². The van der Waals surface area contributed by atoms with Crippen LogP contribution in [0.3, 0.4) is 0 Å². The van der Waals surface area contributed by atoms with E-state index in [-0.39, 0.29) is 5.91 Å². The molecule has 0 saturated heterocycles. The van der Waals surface area contributed by atoms with Crippen LogP contribution >= 0.6 is 11.3 Å². The third-order valence-electron chi connectivity index (χ3n) is 4.76. The van der Waals surface area contributed by atoms with Gasteiger partial charge in [-0.1, -0.05) is 18.2 Å². The highest BCUT2D eigenvalue weighted by molar-refractivity contribution is 7.13. The van der Waals surface area contributed by atoms with Crippen LogP contribution in [0.1, 0.15) is 10.4 Å². The molecule has 5 aromatic rings. The second kappa shape index (κ2) is 8.83. The first-order valence-electron chi connectivity index (χ1n) is 9.91. The summed E-state index contributed by atoms with van der Waals surface area (Å²) < 4.78 is 1.64. The van der Waals surface area contributed by atoms with Gasteiger partial charge in [-0.2, -0.15) is 5.10 Å². The highest BCUT2D eigenvalue weighted by Gasteiger charge is 2.08. The van der Waals surface area contributed by atoms with Crippen LogP contribution in [0.15, 0.2) is 96.6 Å². The Hall–Kier alpha value is -4.30. The van der Waals surface area contributed by atoms with Crippen molar-refractivity contribution in [3.05, 3.63) is 102 Å². The molecule has 0 saturated carbocycles. The number of amides is 1. The maximum absolute atomic E-state index is 12.6. The van der Waals surface area contributed by atoms with E-state index >= 15 is 0 Å². The largest absolute Gasteiger partial charge is 0.339 e. The van der Waals surface area contributed by atoms with E-state index in [0.29, 0.717) is 22.9 Å². The number of aromatic nitrogens is 4. The Bertz CT molecular complexity index is 1300. The summed E-state index contributed by atoms with van der Waals surface area (Å²) in [6.07, 6.45) is 3.50. The van der Waals surface area contributed by atoms with Gasteiger partial charge in [0.25, 0.3) is 5.91 Å². The van der Waals surface area contributed by atoms with Gasteiger partial charge in [0, 0.05) is 34.2 Å². The SMILES string of the molecule is O=C(Nc1ccc(Nc2ccc(-n3cccn3)nn2)cc1)c1ccc(-c2cccs2)cc1. The third kappa shape index (κ3) is 4.40. The zero-order chi connectivity index (χ0) is 21.8. The van der Waals surface area contributed by atoms with Crippen molar-refractivity contribution in [2.75, 3.05) is 10.6 Å². The minimum atomic E-state index is -0.150. The lowest BCUT2D eigenvalue weighted by Gasteiger charge is -2.09. The van der Waals surface area contributed by atoms with Gasteiger partial charge >= 0.3 is 0 Å². The summed E-state index contributed by atoms with van der Waals surface area (Å²) >= 11 is 1.68. The summed E-state index contributed by atoms with van der Waals surface area (Å²) in [5, 5.41) is 20.6. The second-order valence-electron chi connectivity index (χ2n) is 6.94. The third-order valence-corrected chi connectivity index (χ3v) is 5.68. The first kappa shape index (κ1) is 19.7. The molecule has 0 aliphatic heterocycles. The van der Waals surface area contributed by atoms with Crippen molar-refractivity contribution < 1.29 is 4.79 Å². The Labute approximate surface area is 188 Å². The monoisotopic (exact) mass is 438 g/mol. The molecule has 2 N–H and O–H groups in total. The zero-order valence-electron chi connectivity index (χ0n) is 16.8. The number of rotatable bonds is 6. The molecule has 5 rings (SSSR count). The first-order chi connectivity index (χ1) is 15.7. The molecule has 0 radical (unpaired) electrons. The summed E-state index contributed by atoms with van der Waals surface area (Å²) in [4.78, 5) is 13.7. The zero-order valence-corrected chi connectivity index (χ0v) is 17.7. The number of carbonyl (C=O) groups is 1. The molecule has 3 heterocycles. The van der Waals surface area contributed by atoms with Crippen molar-refractivity contribution in [2.24, 2.45) is 0 Å². The predicted molar refractivity (Wildman–Crippen MR) is 127 cm³/mol. The minimum Gasteiger partial charge on any atom is -0.339 e. The molecule has 0 unspecified atom stereocenters. The number of hydrogen-bond acceptors (Lipinski definition) is 6. The van der Waals surface area contributed by atoms with E-state index in [1.165, 1.54) is 4.88 Å². The number of nitrogens with zero attached hydrogens (tertiary/aromatic N) is 4. The molecule has 0 bridgehead atoms. The molecule has 32 heavy (non-hydrogen) atoms. The summed E-state index contributed by atoms with van der Waals surface area (Å²) in [6, 6.07) is 24.6. The average molecular weight is 439 g/mol. The quantitative estimate of drug-likeness (QED) is 0.371. The van der Waals surface area contributed by atoms with Gasteiger partial charge in [0.2, 0.25) is 0 Å². The molecule has 0 spiro atoms. The highest BCUT2D eigenvalue weighted by atomic mass is 32.1. The van der Waals surface area contributed by atoms with Crippen LogP contribution in [0, 0.1) is 0 Å². The van der Waals surface area contributed by atoms with Gasteiger partial charge in [-0.05, 0) is 71.6 Å². The second-order valence-corrected chi connectivity index (χ2v) is 7.89. The molecule has 1 amide bonds. The van der Waals surface area contributed by atoms with Gasteiger partial charge in [0.1, 0.15) is 0 Å². The van der Waals surface area contributed by atoms with Crippen LogP contribution < -0.4 is 10.6 Å². The topological polar surface area (TPSA) is 84.7 Å². The molecule has 8 heteroatoms. The van der Waals surface area contributed by atoms with E-state index in [0.717, 1.165) is 11.3 Å². The molecule has 0 aliphatic carbocycles. The molecule has 2 aromatic carbocycles. The maximum atomic E-state index is 12.6. The molecule has 7 nitrogen and oxygen atoms in total. The fraction of sp³-hybridized carbons (Fsp3) is 0. The number of hydrogen-bond donors (Lipinski definition) is 2. The summed E-state index contributed by atoms with van der Waals surface area (Å²) in [7, 11) is 0. The van der Waals surface area contributed by atoms with Crippen LogP contribution in [0.5, 0.6) is 0 Å². The molecule has 156 valence electrons. The highest BCUT2D eigenvalue weighted by Crippen LogP contribution is 2.25. The summed E-state index contributed by atoms with van der Waals surface area (Å²) in [5.41, 5.74) is 3.26. The molecule has 0 aliphatic rings. The number of benzene rings is 2. The lowest BCUT2D eigenvalue weighted by Crippen LogP contribution is -2.11. The smallest absolute Gasteiger partial charge is 0.255 e. The van der Waals surface area contributed by atoms with E-state index in [2.05, 4.69) is 32.0 Å². The molecular weight excluding hydrogens is 420 g/mol. The van der Waals surface area contributed by atoms with Crippen LogP contribution in [0.2, 0.25) is 0 Å². The molecular formula is C24H18N6OS. The predicted octanol–water partition coefficient (Wildman–Crippen LogP) is 5.39. The Morgan fingerprint density at radius 1 is 0.844 bits per heavy atom. The van der Waals surface area contributed by atoms with Gasteiger partial charge in [-0.25, -0.2) is 4.68 Å². The number of nitrogens with one attached hydrogen (secondary N) is 2.